The second kappa shape index (κ2) is 13.5. The van der Waals surface area contributed by atoms with Gasteiger partial charge in [-0.3, -0.25) is 9.59 Å². The number of amides is 3. The number of rotatable bonds is 6. The van der Waals surface area contributed by atoms with Gasteiger partial charge in [0.05, 0.1) is 22.5 Å². The van der Waals surface area contributed by atoms with Gasteiger partial charge in [-0.1, -0.05) is 43.2 Å². The lowest BCUT2D eigenvalue weighted by Crippen LogP contribution is -2.56. The fourth-order valence-corrected chi connectivity index (χ4v) is 7.47. The van der Waals surface area contributed by atoms with Gasteiger partial charge in [0.1, 0.15) is 35.5 Å². The highest BCUT2D eigenvalue weighted by molar-refractivity contribution is 7.13. The van der Waals surface area contributed by atoms with Crippen LogP contribution in [0.3, 0.4) is 0 Å². The van der Waals surface area contributed by atoms with Crippen molar-refractivity contribution in [3.05, 3.63) is 53.9 Å². The van der Waals surface area contributed by atoms with Crippen LogP contribution in [0.4, 0.5) is 4.79 Å². The molecule has 252 valence electrons. The monoisotopic (exact) mass is 673 g/mol. The van der Waals surface area contributed by atoms with Crippen LogP contribution in [-0.2, 0) is 19.1 Å². The molecule has 5 atom stereocenters. The summed E-state index contributed by atoms with van der Waals surface area (Å²) in [7, 11) is 0. The largest absolute Gasteiger partial charge is 0.479 e. The standard InChI is InChI=1S/C35H39N5O7S/c41-30-27-18-23(46-31-29(28-16-9-17-48-28)36-24-13-6-7-14-25(24)37-31)20-40(27)32(42)26(38-34(45)47-22-11-8-12-22)15-5-3-1-2-4-10-21-19-35(21,39-30)33(43)44/h4,6-7,9-10,13-14,16-17,21-23,26-27H,1-3,5,8,11-12,15,18-20H2,(H,38,45)(H,39,41)(H,43,44)/b10-4-/t21?,23-,26-,27+,35-/m1/s1. The Morgan fingerprint density at radius 3 is 2.54 bits per heavy atom. The number of para-hydroxylation sites is 2. The molecule has 3 N–H and O–H groups in total. The van der Waals surface area contributed by atoms with Crippen LogP contribution < -0.4 is 15.4 Å². The maximum absolute atomic E-state index is 14.3. The van der Waals surface area contributed by atoms with Crippen molar-refractivity contribution in [2.45, 2.75) is 94.0 Å². The Morgan fingerprint density at radius 1 is 1.00 bits per heavy atom. The summed E-state index contributed by atoms with van der Waals surface area (Å²) in [5, 5.41) is 17.7. The van der Waals surface area contributed by atoms with E-state index in [1.807, 2.05) is 53.9 Å². The third-order valence-corrected chi connectivity index (χ3v) is 10.7. The van der Waals surface area contributed by atoms with E-state index in [9.17, 15) is 24.3 Å². The summed E-state index contributed by atoms with van der Waals surface area (Å²) in [4.78, 5) is 65.5. The average molecular weight is 674 g/mol. The van der Waals surface area contributed by atoms with Crippen LogP contribution in [0.25, 0.3) is 21.6 Å². The predicted molar refractivity (Wildman–Crippen MR) is 177 cm³/mol. The Morgan fingerprint density at radius 2 is 1.81 bits per heavy atom. The molecule has 0 radical (unpaired) electrons. The van der Waals surface area contributed by atoms with E-state index in [2.05, 4.69) is 10.6 Å². The van der Waals surface area contributed by atoms with Gasteiger partial charge in [-0.2, -0.15) is 0 Å². The number of carboxylic acid groups (broad SMARTS) is 1. The topological polar surface area (TPSA) is 160 Å². The van der Waals surface area contributed by atoms with E-state index < -0.39 is 47.6 Å². The van der Waals surface area contributed by atoms with E-state index in [0.29, 0.717) is 29.6 Å². The number of nitrogens with one attached hydrogen (secondary N) is 2. The second-order valence-corrected chi connectivity index (χ2v) is 14.1. The minimum Gasteiger partial charge on any atom is -0.479 e. The van der Waals surface area contributed by atoms with Crippen LogP contribution in [0.1, 0.15) is 64.2 Å². The summed E-state index contributed by atoms with van der Waals surface area (Å²) < 4.78 is 12.0. The lowest BCUT2D eigenvalue weighted by atomic mass is 9.96. The zero-order valence-corrected chi connectivity index (χ0v) is 27.3. The van der Waals surface area contributed by atoms with Gasteiger partial charge in [0.2, 0.25) is 17.7 Å². The summed E-state index contributed by atoms with van der Waals surface area (Å²) in [5.41, 5.74) is 0.470. The van der Waals surface area contributed by atoms with Gasteiger partial charge in [-0.05, 0) is 68.5 Å². The van der Waals surface area contributed by atoms with Gasteiger partial charge in [0.15, 0.2) is 0 Å². The van der Waals surface area contributed by atoms with Crippen LogP contribution in [-0.4, -0.2) is 80.2 Å². The number of nitrogens with zero attached hydrogens (tertiary/aromatic N) is 3. The number of aromatic nitrogens is 2. The molecule has 1 saturated heterocycles. The van der Waals surface area contributed by atoms with Gasteiger partial charge < -0.3 is 30.1 Å². The molecule has 2 aliphatic heterocycles. The lowest BCUT2D eigenvalue weighted by molar-refractivity contribution is -0.145. The number of allylic oxidation sites excluding steroid dienone is 1. The van der Waals surface area contributed by atoms with E-state index >= 15 is 0 Å². The maximum atomic E-state index is 14.3. The van der Waals surface area contributed by atoms with E-state index in [1.165, 1.54) is 16.2 Å². The van der Waals surface area contributed by atoms with Crippen LogP contribution >= 0.6 is 11.3 Å². The van der Waals surface area contributed by atoms with E-state index in [4.69, 9.17) is 19.4 Å². The zero-order valence-electron chi connectivity index (χ0n) is 26.5. The van der Waals surface area contributed by atoms with Crippen molar-refractivity contribution in [3.8, 4) is 16.5 Å². The fraction of sp³-hybridized carbons (Fsp3) is 0.486. The number of hydrogen-bond acceptors (Lipinski definition) is 9. The molecular formula is C35H39N5O7S. The summed E-state index contributed by atoms with van der Waals surface area (Å²) >= 11 is 1.50. The first kappa shape index (κ1) is 32.0. The number of ether oxygens (including phenoxy) is 2. The van der Waals surface area contributed by atoms with Gasteiger partial charge in [-0.25, -0.2) is 19.6 Å². The van der Waals surface area contributed by atoms with Crippen LogP contribution in [0.15, 0.2) is 53.9 Å². The number of aliphatic carboxylic acids is 1. The molecule has 4 aliphatic rings. The van der Waals surface area contributed by atoms with Crippen molar-refractivity contribution in [3.63, 3.8) is 0 Å². The number of benzene rings is 1. The molecule has 7 rings (SSSR count). The summed E-state index contributed by atoms with van der Waals surface area (Å²) in [6.07, 6.45) is 8.84. The number of thiophene rings is 1. The normalized spacial score (nSPS) is 28.5. The molecule has 0 spiro atoms. The van der Waals surface area contributed by atoms with Crippen molar-refractivity contribution in [2.24, 2.45) is 5.92 Å². The molecule has 3 aromatic rings. The molecule has 13 heteroatoms. The van der Waals surface area contributed by atoms with E-state index in [0.717, 1.165) is 43.4 Å². The van der Waals surface area contributed by atoms with Gasteiger partial charge in [0, 0.05) is 12.3 Å². The Kier molecular flexibility index (Phi) is 9.04. The summed E-state index contributed by atoms with van der Waals surface area (Å²) in [6, 6.07) is 9.36. The number of alkyl carbamates (subject to hydrolysis) is 1. The number of carboxylic acids is 1. The molecule has 2 saturated carbocycles. The van der Waals surface area contributed by atoms with Crippen molar-refractivity contribution in [1.82, 2.24) is 25.5 Å². The average Bonchev–Trinajstić information content (AvgIpc) is 3.36. The first-order valence-corrected chi connectivity index (χ1v) is 17.7. The molecule has 12 nitrogen and oxygen atoms in total. The Balaban J connectivity index is 1.19. The number of carbonyl (C=O) groups is 4. The first-order valence-electron chi connectivity index (χ1n) is 16.8. The minimum absolute atomic E-state index is 0.0363. The SMILES string of the molecule is O=C(N[C@@H]1CCCCC/C=C\C2C[C@@]2(C(=O)O)NC(=O)[C@@H]2C[C@@H](Oc3nc4ccccc4nc3-c3cccs3)CN2C1=O)OC1CCC1. The highest BCUT2D eigenvalue weighted by atomic mass is 32.1. The smallest absolute Gasteiger partial charge is 0.408 e. The lowest BCUT2D eigenvalue weighted by Gasteiger charge is -2.30. The molecule has 4 heterocycles. The molecule has 0 bridgehead atoms. The zero-order chi connectivity index (χ0) is 33.3. The molecule has 48 heavy (non-hydrogen) atoms. The molecule has 2 aromatic heterocycles. The Labute approximate surface area is 281 Å². The van der Waals surface area contributed by atoms with Crippen molar-refractivity contribution >= 4 is 46.2 Å². The predicted octanol–water partition coefficient (Wildman–Crippen LogP) is 4.83. The highest BCUT2D eigenvalue weighted by Crippen LogP contribution is 2.45. The van der Waals surface area contributed by atoms with Gasteiger partial charge >= 0.3 is 12.1 Å². The number of hydrogen-bond donors (Lipinski definition) is 3. The Hall–Kier alpha value is -4.52. The maximum Gasteiger partial charge on any atom is 0.408 e. The van der Waals surface area contributed by atoms with Crippen LogP contribution in [0.5, 0.6) is 5.88 Å². The van der Waals surface area contributed by atoms with Crippen molar-refractivity contribution in [1.29, 1.82) is 0 Å². The molecule has 3 fully saturated rings. The van der Waals surface area contributed by atoms with Gasteiger partial charge in [-0.15, -0.1) is 11.3 Å². The molecule has 1 aromatic carbocycles. The van der Waals surface area contributed by atoms with E-state index in [-0.39, 0.29) is 37.3 Å². The minimum atomic E-state index is -1.43. The summed E-state index contributed by atoms with van der Waals surface area (Å²) in [6.45, 7) is 0.0363. The van der Waals surface area contributed by atoms with Crippen LogP contribution in [0.2, 0.25) is 0 Å². The third kappa shape index (κ3) is 6.60. The van der Waals surface area contributed by atoms with Crippen LogP contribution in [0, 0.1) is 5.92 Å². The Bertz CT molecular complexity index is 1730. The third-order valence-electron chi connectivity index (χ3n) is 9.81. The van der Waals surface area contributed by atoms with Gasteiger partial charge in [0.25, 0.3) is 0 Å². The van der Waals surface area contributed by atoms with Crippen molar-refractivity contribution < 1.29 is 33.8 Å². The molecule has 2 aliphatic carbocycles. The highest BCUT2D eigenvalue weighted by Gasteiger charge is 2.61. The molecule has 3 amide bonds. The molecule has 1 unspecified atom stereocenters. The molecular weight excluding hydrogens is 634 g/mol. The first-order chi connectivity index (χ1) is 23.3. The quantitative estimate of drug-likeness (QED) is 0.312. The van der Waals surface area contributed by atoms with Crippen molar-refractivity contribution in [2.75, 3.05) is 6.54 Å². The second-order valence-electron chi connectivity index (χ2n) is 13.1. The summed E-state index contributed by atoms with van der Waals surface area (Å²) in [5.74, 6) is -2.16. The van der Waals surface area contributed by atoms with E-state index in [1.54, 1.807) is 0 Å². The number of carbonyl (C=O) groups excluding carboxylic acids is 3. The fourth-order valence-electron chi connectivity index (χ4n) is 6.76. The number of fused-ring (bicyclic) bond motifs is 3.